The molecule has 2 aromatic rings. The third-order valence-electron chi connectivity index (χ3n) is 2.10. The number of hydrogen-bond donors (Lipinski definition) is 2. The van der Waals surface area contributed by atoms with Crippen LogP contribution < -0.4 is 5.32 Å². The summed E-state index contributed by atoms with van der Waals surface area (Å²) < 4.78 is 5.11. The van der Waals surface area contributed by atoms with Crippen molar-refractivity contribution in [3.8, 4) is 0 Å². The maximum absolute atomic E-state index is 11.7. The van der Waals surface area contributed by atoms with Gasteiger partial charge in [-0.25, -0.2) is 14.8 Å². The highest BCUT2D eigenvalue weighted by atomic mass is 16.4. The minimum atomic E-state index is -1.27. The summed E-state index contributed by atoms with van der Waals surface area (Å²) in [6.07, 6.45) is 2.52. The average Bonchev–Trinajstić information content (AvgIpc) is 2.76. The molecule has 2 aromatic heterocycles. The minimum absolute atomic E-state index is 0.0782. The number of aryl methyl sites for hydroxylation is 1. The van der Waals surface area contributed by atoms with E-state index in [1.54, 1.807) is 13.0 Å². The van der Waals surface area contributed by atoms with Crippen molar-refractivity contribution in [3.63, 3.8) is 0 Å². The largest absolute Gasteiger partial charge is 0.476 e. The first-order chi connectivity index (χ1) is 8.58. The van der Waals surface area contributed by atoms with Crippen molar-refractivity contribution in [2.45, 2.75) is 6.92 Å². The number of anilines is 1. The van der Waals surface area contributed by atoms with Crippen molar-refractivity contribution in [2.24, 2.45) is 0 Å². The number of nitrogens with zero attached hydrogens (tertiary/aromatic N) is 2. The molecule has 0 aromatic carbocycles. The molecule has 0 unspecified atom stereocenters. The molecule has 0 fully saturated rings. The average molecular weight is 247 g/mol. The molecule has 0 aliphatic heterocycles. The molecule has 2 rings (SSSR count). The summed E-state index contributed by atoms with van der Waals surface area (Å²) in [7, 11) is 0. The lowest BCUT2D eigenvalue weighted by Gasteiger charge is -2.04. The summed E-state index contributed by atoms with van der Waals surface area (Å²) in [6.45, 7) is 1.70. The van der Waals surface area contributed by atoms with Crippen molar-refractivity contribution < 1.29 is 19.1 Å². The molecule has 0 aliphatic rings. The van der Waals surface area contributed by atoms with E-state index >= 15 is 0 Å². The van der Waals surface area contributed by atoms with Gasteiger partial charge in [0.15, 0.2) is 17.3 Å². The van der Waals surface area contributed by atoms with E-state index in [-0.39, 0.29) is 17.3 Å². The summed E-state index contributed by atoms with van der Waals surface area (Å²) in [6, 6.07) is 3.12. The zero-order valence-corrected chi connectivity index (χ0v) is 9.38. The van der Waals surface area contributed by atoms with Gasteiger partial charge in [-0.15, -0.1) is 0 Å². The molecule has 0 saturated carbocycles. The van der Waals surface area contributed by atoms with Crippen LogP contribution >= 0.6 is 0 Å². The summed E-state index contributed by atoms with van der Waals surface area (Å²) in [5, 5.41) is 11.2. The number of amides is 1. The molecule has 1 amide bonds. The molecule has 0 radical (unpaired) electrons. The van der Waals surface area contributed by atoms with Crippen LogP contribution in [0.4, 0.5) is 5.82 Å². The number of carbonyl (C=O) groups excluding carboxylic acids is 1. The maximum atomic E-state index is 11.7. The molecule has 7 heteroatoms. The fourth-order valence-electron chi connectivity index (χ4n) is 1.31. The summed E-state index contributed by atoms with van der Waals surface area (Å²) in [4.78, 5) is 30.0. The Bertz CT molecular complexity index is 606. The smallest absolute Gasteiger partial charge is 0.358 e. The number of carboxylic acid groups (broad SMARTS) is 1. The quantitative estimate of drug-likeness (QED) is 0.847. The molecule has 0 atom stereocenters. The molecule has 0 saturated heterocycles. The highest BCUT2D eigenvalue weighted by molar-refractivity contribution is 6.04. The molecular weight excluding hydrogens is 238 g/mol. The molecule has 0 aliphatic carbocycles. The summed E-state index contributed by atoms with van der Waals surface area (Å²) >= 11 is 0. The third-order valence-corrected chi connectivity index (χ3v) is 2.10. The van der Waals surface area contributed by atoms with E-state index in [0.29, 0.717) is 5.76 Å². The van der Waals surface area contributed by atoms with Crippen LogP contribution in [-0.2, 0) is 0 Å². The number of hydrogen-bond acceptors (Lipinski definition) is 5. The first kappa shape index (κ1) is 11.8. The van der Waals surface area contributed by atoms with Gasteiger partial charge in [-0.05, 0) is 19.1 Å². The van der Waals surface area contributed by atoms with Gasteiger partial charge in [0.05, 0.1) is 0 Å². The Labute approximate surface area is 101 Å². The fourth-order valence-corrected chi connectivity index (χ4v) is 1.31. The molecule has 92 valence electrons. The normalized spacial score (nSPS) is 10.1. The SMILES string of the molecule is Cc1ccc(C(=O)Nc2nccnc2C(=O)O)o1. The lowest BCUT2D eigenvalue weighted by Crippen LogP contribution is -2.16. The predicted octanol–water partition coefficient (Wildman–Crippen LogP) is 1.33. The monoisotopic (exact) mass is 247 g/mol. The molecule has 0 spiro atoms. The van der Waals surface area contributed by atoms with Crippen LogP contribution in [0.3, 0.4) is 0 Å². The van der Waals surface area contributed by atoms with Crippen molar-refractivity contribution in [3.05, 3.63) is 41.7 Å². The molecule has 2 heterocycles. The van der Waals surface area contributed by atoms with Gasteiger partial charge >= 0.3 is 5.97 Å². The first-order valence-corrected chi connectivity index (χ1v) is 5.00. The zero-order valence-electron chi connectivity index (χ0n) is 9.38. The Morgan fingerprint density at radius 3 is 2.61 bits per heavy atom. The number of nitrogens with one attached hydrogen (secondary N) is 1. The van der Waals surface area contributed by atoms with E-state index in [4.69, 9.17) is 9.52 Å². The van der Waals surface area contributed by atoms with E-state index in [1.807, 2.05) is 0 Å². The van der Waals surface area contributed by atoms with Crippen molar-refractivity contribution in [1.29, 1.82) is 0 Å². The zero-order chi connectivity index (χ0) is 13.1. The Morgan fingerprint density at radius 1 is 1.28 bits per heavy atom. The second kappa shape index (κ2) is 4.66. The number of furan rings is 1. The van der Waals surface area contributed by atoms with E-state index in [9.17, 15) is 9.59 Å². The van der Waals surface area contributed by atoms with Crippen molar-refractivity contribution in [2.75, 3.05) is 5.32 Å². The molecule has 18 heavy (non-hydrogen) atoms. The van der Waals surface area contributed by atoms with E-state index in [1.165, 1.54) is 18.5 Å². The maximum Gasteiger partial charge on any atom is 0.358 e. The second-order valence-electron chi connectivity index (χ2n) is 3.42. The molecular formula is C11H9N3O4. The Kier molecular flexibility index (Phi) is 3.05. The summed E-state index contributed by atoms with van der Waals surface area (Å²) in [5.41, 5.74) is -0.325. The number of carboxylic acids is 1. The first-order valence-electron chi connectivity index (χ1n) is 5.00. The summed E-state index contributed by atoms with van der Waals surface area (Å²) in [5.74, 6) is -1.31. The Hall–Kier alpha value is -2.70. The van der Waals surface area contributed by atoms with Crippen LogP contribution in [0.2, 0.25) is 0 Å². The van der Waals surface area contributed by atoms with E-state index in [0.717, 1.165) is 0 Å². The van der Waals surface area contributed by atoms with Crippen LogP contribution in [0, 0.1) is 6.92 Å². The van der Waals surface area contributed by atoms with E-state index < -0.39 is 11.9 Å². The fraction of sp³-hybridized carbons (Fsp3) is 0.0909. The molecule has 7 nitrogen and oxygen atoms in total. The Balaban J connectivity index is 2.24. The van der Waals surface area contributed by atoms with Crippen LogP contribution in [0.25, 0.3) is 0 Å². The number of aromatic carboxylic acids is 1. The van der Waals surface area contributed by atoms with Gasteiger partial charge in [-0.1, -0.05) is 0 Å². The lowest BCUT2D eigenvalue weighted by molar-refractivity contribution is 0.0691. The highest BCUT2D eigenvalue weighted by Gasteiger charge is 2.17. The van der Waals surface area contributed by atoms with Crippen LogP contribution in [0.15, 0.2) is 28.9 Å². The molecule has 2 N–H and O–H groups in total. The van der Waals surface area contributed by atoms with Crippen LogP contribution in [0.5, 0.6) is 0 Å². The van der Waals surface area contributed by atoms with Gasteiger partial charge in [-0.2, -0.15) is 0 Å². The van der Waals surface area contributed by atoms with Gasteiger partial charge in [0.1, 0.15) is 5.76 Å². The van der Waals surface area contributed by atoms with Gasteiger partial charge in [0.25, 0.3) is 5.91 Å². The highest BCUT2D eigenvalue weighted by Crippen LogP contribution is 2.12. The number of aromatic nitrogens is 2. The van der Waals surface area contributed by atoms with Gasteiger partial charge in [-0.3, -0.25) is 4.79 Å². The van der Waals surface area contributed by atoms with Crippen molar-refractivity contribution >= 4 is 17.7 Å². The van der Waals surface area contributed by atoms with Gasteiger partial charge in [0.2, 0.25) is 0 Å². The molecule has 0 bridgehead atoms. The van der Waals surface area contributed by atoms with Crippen molar-refractivity contribution in [1.82, 2.24) is 9.97 Å². The third kappa shape index (κ3) is 2.34. The predicted molar refractivity (Wildman–Crippen MR) is 60.4 cm³/mol. The Morgan fingerprint density at radius 2 is 2.00 bits per heavy atom. The van der Waals surface area contributed by atoms with E-state index in [2.05, 4.69) is 15.3 Å². The van der Waals surface area contributed by atoms with Crippen LogP contribution in [-0.4, -0.2) is 27.0 Å². The standard InChI is InChI=1S/C11H9N3O4/c1-6-2-3-7(18-6)10(15)14-9-8(11(16)17)12-4-5-13-9/h2-5H,1H3,(H,16,17)(H,13,14,15). The topological polar surface area (TPSA) is 105 Å². The van der Waals surface area contributed by atoms with Gasteiger partial charge in [0, 0.05) is 12.4 Å². The van der Waals surface area contributed by atoms with Gasteiger partial charge < -0.3 is 14.8 Å². The second-order valence-corrected chi connectivity index (χ2v) is 3.42. The number of rotatable bonds is 3. The lowest BCUT2D eigenvalue weighted by atomic mass is 10.3. The van der Waals surface area contributed by atoms with Crippen LogP contribution in [0.1, 0.15) is 26.8 Å². The minimum Gasteiger partial charge on any atom is -0.476 e. The number of carbonyl (C=O) groups is 2.